The van der Waals surface area contributed by atoms with Crippen LogP contribution in [0, 0.1) is 0 Å². The van der Waals surface area contributed by atoms with Crippen molar-refractivity contribution in [2.75, 3.05) is 45.9 Å². The molecule has 1 aliphatic rings. The van der Waals surface area contributed by atoms with Crippen LogP contribution in [-0.2, 0) is 4.74 Å². The van der Waals surface area contributed by atoms with Gasteiger partial charge in [0.25, 0.3) is 0 Å². The van der Waals surface area contributed by atoms with Crippen LogP contribution in [-0.4, -0.2) is 60.8 Å². The molecule has 1 heterocycles. The summed E-state index contributed by atoms with van der Waals surface area (Å²) >= 11 is 0. The first-order valence-electron chi connectivity index (χ1n) is 10.1. The molecular weight excluding hydrogens is 336 g/mol. The van der Waals surface area contributed by atoms with Gasteiger partial charge in [-0.15, -0.1) is 0 Å². The largest absolute Gasteiger partial charge is 0.388 e. The van der Waals surface area contributed by atoms with Crippen LogP contribution in [0.1, 0.15) is 36.7 Å². The van der Waals surface area contributed by atoms with Crippen LogP contribution >= 0.6 is 0 Å². The van der Waals surface area contributed by atoms with Crippen LogP contribution < -0.4 is 0 Å². The van der Waals surface area contributed by atoms with Crippen LogP contribution in [0.15, 0.2) is 60.7 Å². The molecule has 27 heavy (non-hydrogen) atoms. The lowest BCUT2D eigenvalue weighted by Gasteiger charge is -2.36. The quantitative estimate of drug-likeness (QED) is 0.735. The Labute approximate surface area is 163 Å². The summed E-state index contributed by atoms with van der Waals surface area (Å²) in [6, 6.07) is 20.5. The predicted octanol–water partition coefficient (Wildman–Crippen LogP) is 3.51. The highest BCUT2D eigenvalue weighted by Crippen LogP contribution is 2.20. The van der Waals surface area contributed by atoms with Gasteiger partial charge < -0.3 is 14.7 Å². The smallest absolute Gasteiger partial charge is 0.0951 e. The van der Waals surface area contributed by atoms with E-state index in [-0.39, 0.29) is 12.2 Å². The molecule has 3 rings (SSSR count). The molecule has 0 aliphatic carbocycles. The Balaban J connectivity index is 1.43. The third-order valence-electron chi connectivity index (χ3n) is 5.33. The fourth-order valence-electron chi connectivity index (χ4n) is 3.70. The van der Waals surface area contributed by atoms with Crippen molar-refractivity contribution in [3.8, 4) is 0 Å². The van der Waals surface area contributed by atoms with Gasteiger partial charge in [-0.3, -0.25) is 4.90 Å². The lowest BCUT2D eigenvalue weighted by molar-refractivity contribution is 0.0167. The van der Waals surface area contributed by atoms with Crippen molar-refractivity contribution in [1.82, 2.24) is 9.80 Å². The zero-order chi connectivity index (χ0) is 18.9. The molecule has 2 atom stereocenters. The number of benzene rings is 2. The minimum atomic E-state index is -0.371. The van der Waals surface area contributed by atoms with Gasteiger partial charge in [0.15, 0.2) is 0 Å². The maximum atomic E-state index is 10.4. The molecule has 1 fully saturated rings. The van der Waals surface area contributed by atoms with Crippen LogP contribution in [0.4, 0.5) is 0 Å². The summed E-state index contributed by atoms with van der Waals surface area (Å²) in [5, 5.41) is 10.4. The monoisotopic (exact) mass is 368 g/mol. The van der Waals surface area contributed by atoms with E-state index < -0.39 is 0 Å². The highest BCUT2D eigenvalue weighted by molar-refractivity contribution is 5.18. The van der Waals surface area contributed by atoms with E-state index in [9.17, 15) is 5.11 Å². The van der Waals surface area contributed by atoms with Gasteiger partial charge in [-0.25, -0.2) is 0 Å². The molecule has 0 spiro atoms. The van der Waals surface area contributed by atoms with Crippen LogP contribution in [0.5, 0.6) is 0 Å². The fraction of sp³-hybridized carbons (Fsp3) is 0.478. The second-order valence-corrected chi connectivity index (χ2v) is 7.21. The predicted molar refractivity (Wildman–Crippen MR) is 110 cm³/mol. The third kappa shape index (κ3) is 6.15. The average molecular weight is 369 g/mol. The minimum absolute atomic E-state index is 0.141. The summed E-state index contributed by atoms with van der Waals surface area (Å²) in [7, 11) is 0. The molecule has 0 amide bonds. The molecule has 0 saturated carbocycles. The second kappa shape index (κ2) is 10.6. The van der Waals surface area contributed by atoms with Crippen molar-refractivity contribution in [3.63, 3.8) is 0 Å². The number of aliphatic hydroxyl groups excluding tert-OH is 1. The van der Waals surface area contributed by atoms with Gasteiger partial charge in [0.1, 0.15) is 0 Å². The van der Waals surface area contributed by atoms with Crippen LogP contribution in [0.2, 0.25) is 0 Å². The first-order valence-corrected chi connectivity index (χ1v) is 10.1. The number of aliphatic hydroxyl groups is 1. The molecule has 4 nitrogen and oxygen atoms in total. The zero-order valence-corrected chi connectivity index (χ0v) is 16.3. The van der Waals surface area contributed by atoms with E-state index in [4.69, 9.17) is 4.74 Å². The molecule has 1 saturated heterocycles. The Morgan fingerprint density at radius 2 is 1.41 bits per heavy atom. The fourth-order valence-corrected chi connectivity index (χ4v) is 3.70. The lowest BCUT2D eigenvalue weighted by atomic mass is 10.1. The number of ether oxygens (including phenoxy) is 1. The summed E-state index contributed by atoms with van der Waals surface area (Å²) in [5.74, 6) is 0. The number of piperazine rings is 1. The average Bonchev–Trinajstić information content (AvgIpc) is 2.74. The third-order valence-corrected chi connectivity index (χ3v) is 5.33. The lowest BCUT2D eigenvalue weighted by Crippen LogP contribution is -2.48. The van der Waals surface area contributed by atoms with E-state index in [2.05, 4.69) is 47.1 Å². The molecule has 1 aliphatic heterocycles. The molecule has 0 aromatic heterocycles. The standard InChI is InChI=1S/C23H32N2O2/c1-2-27-23(21-11-7-4-8-12-21)19-25-17-15-24(16-18-25)14-13-22(26)20-9-5-3-6-10-20/h3-12,22-23,26H,2,13-19H2,1H3. The number of rotatable bonds is 9. The summed E-state index contributed by atoms with van der Waals surface area (Å²) in [4.78, 5) is 4.96. The zero-order valence-electron chi connectivity index (χ0n) is 16.3. The van der Waals surface area contributed by atoms with Gasteiger partial charge in [0, 0.05) is 45.9 Å². The molecule has 2 aromatic carbocycles. The van der Waals surface area contributed by atoms with E-state index in [1.54, 1.807) is 0 Å². The van der Waals surface area contributed by atoms with Crippen molar-refractivity contribution in [2.45, 2.75) is 25.6 Å². The van der Waals surface area contributed by atoms with Crippen molar-refractivity contribution < 1.29 is 9.84 Å². The number of hydrogen-bond acceptors (Lipinski definition) is 4. The SMILES string of the molecule is CCOC(CN1CCN(CCC(O)c2ccccc2)CC1)c1ccccc1. The number of nitrogens with zero attached hydrogens (tertiary/aromatic N) is 2. The maximum absolute atomic E-state index is 10.4. The first-order chi connectivity index (χ1) is 13.3. The van der Waals surface area contributed by atoms with E-state index in [0.29, 0.717) is 0 Å². The van der Waals surface area contributed by atoms with Gasteiger partial charge in [-0.2, -0.15) is 0 Å². The van der Waals surface area contributed by atoms with Gasteiger partial charge >= 0.3 is 0 Å². The summed E-state index contributed by atoms with van der Waals surface area (Å²) in [6.45, 7) is 8.89. The maximum Gasteiger partial charge on any atom is 0.0951 e. The van der Waals surface area contributed by atoms with E-state index in [1.165, 1.54) is 5.56 Å². The first kappa shape index (κ1) is 20.0. The molecule has 2 aromatic rings. The molecule has 146 valence electrons. The Morgan fingerprint density at radius 3 is 2.00 bits per heavy atom. The normalized spacial score (nSPS) is 18.3. The van der Waals surface area contributed by atoms with Gasteiger partial charge in [0.05, 0.1) is 12.2 Å². The second-order valence-electron chi connectivity index (χ2n) is 7.21. The topological polar surface area (TPSA) is 35.9 Å². The van der Waals surface area contributed by atoms with Gasteiger partial charge in [0.2, 0.25) is 0 Å². The van der Waals surface area contributed by atoms with Gasteiger partial charge in [-0.1, -0.05) is 60.7 Å². The summed E-state index contributed by atoms with van der Waals surface area (Å²) in [6.07, 6.45) is 0.558. The Bertz CT molecular complexity index is 642. The molecule has 1 N–H and O–H groups in total. The highest BCUT2D eigenvalue weighted by Gasteiger charge is 2.21. The van der Waals surface area contributed by atoms with E-state index in [0.717, 1.165) is 57.9 Å². The molecular formula is C23H32N2O2. The minimum Gasteiger partial charge on any atom is -0.388 e. The summed E-state index contributed by atoms with van der Waals surface area (Å²) < 4.78 is 6.00. The van der Waals surface area contributed by atoms with Crippen LogP contribution in [0.25, 0.3) is 0 Å². The number of hydrogen-bond donors (Lipinski definition) is 1. The van der Waals surface area contributed by atoms with Crippen molar-refractivity contribution in [1.29, 1.82) is 0 Å². The van der Waals surface area contributed by atoms with Gasteiger partial charge in [-0.05, 0) is 24.5 Å². The summed E-state index contributed by atoms with van der Waals surface area (Å²) in [5.41, 5.74) is 2.27. The van der Waals surface area contributed by atoms with E-state index >= 15 is 0 Å². The molecule has 4 heteroatoms. The Hall–Kier alpha value is -1.72. The van der Waals surface area contributed by atoms with Crippen molar-refractivity contribution >= 4 is 0 Å². The molecule has 0 radical (unpaired) electrons. The van der Waals surface area contributed by atoms with Crippen LogP contribution in [0.3, 0.4) is 0 Å². The Kier molecular flexibility index (Phi) is 7.84. The Morgan fingerprint density at radius 1 is 0.852 bits per heavy atom. The molecule has 2 unspecified atom stereocenters. The van der Waals surface area contributed by atoms with E-state index in [1.807, 2.05) is 30.3 Å². The van der Waals surface area contributed by atoms with Crippen molar-refractivity contribution in [2.24, 2.45) is 0 Å². The highest BCUT2D eigenvalue weighted by atomic mass is 16.5. The molecule has 0 bridgehead atoms. The van der Waals surface area contributed by atoms with Crippen molar-refractivity contribution in [3.05, 3.63) is 71.8 Å².